The molecule has 114 valence electrons. The maximum absolute atomic E-state index is 11.9. The summed E-state index contributed by atoms with van der Waals surface area (Å²) in [6.45, 7) is 2.29. The molecule has 1 aliphatic heterocycles. The molecule has 5 heteroatoms. The Morgan fingerprint density at radius 3 is 2.40 bits per heavy atom. The molecule has 0 radical (unpaired) electrons. The zero-order chi connectivity index (χ0) is 14.2. The first kappa shape index (κ1) is 15.3. The van der Waals surface area contributed by atoms with Gasteiger partial charge in [-0.2, -0.15) is 0 Å². The van der Waals surface area contributed by atoms with Crippen molar-refractivity contribution in [2.45, 2.75) is 57.4 Å². The highest BCUT2D eigenvalue weighted by Gasteiger charge is 2.21. The van der Waals surface area contributed by atoms with Gasteiger partial charge in [-0.3, -0.25) is 9.59 Å². The van der Waals surface area contributed by atoms with Gasteiger partial charge in [0, 0.05) is 24.9 Å². The summed E-state index contributed by atoms with van der Waals surface area (Å²) in [4.78, 5) is 23.7. The zero-order valence-electron chi connectivity index (χ0n) is 12.2. The first-order valence-electron chi connectivity index (χ1n) is 8.03. The third-order valence-electron chi connectivity index (χ3n) is 4.33. The molecule has 1 aliphatic carbocycles. The quantitative estimate of drug-likeness (QED) is 0.702. The minimum absolute atomic E-state index is 0.0718. The lowest BCUT2D eigenvalue weighted by atomic mass is 9.95. The van der Waals surface area contributed by atoms with E-state index in [1.54, 1.807) is 0 Å². The van der Waals surface area contributed by atoms with Crippen LogP contribution in [0.15, 0.2) is 0 Å². The van der Waals surface area contributed by atoms with Crippen LogP contribution < -0.4 is 16.0 Å². The fraction of sp³-hybridized carbons (Fsp3) is 0.867. The highest BCUT2D eigenvalue weighted by atomic mass is 16.2. The van der Waals surface area contributed by atoms with E-state index in [2.05, 4.69) is 16.0 Å². The molecule has 5 nitrogen and oxygen atoms in total. The number of hydrogen-bond donors (Lipinski definition) is 3. The van der Waals surface area contributed by atoms with E-state index in [1.807, 2.05) is 0 Å². The SMILES string of the molecule is O=C(CCNC(=O)C1CCNCC1)NC1CCCCC1. The average molecular weight is 281 g/mol. The van der Waals surface area contributed by atoms with Crippen molar-refractivity contribution in [2.75, 3.05) is 19.6 Å². The summed E-state index contributed by atoms with van der Waals surface area (Å²) in [6.07, 6.45) is 8.14. The molecule has 0 aromatic carbocycles. The fourth-order valence-corrected chi connectivity index (χ4v) is 3.07. The van der Waals surface area contributed by atoms with Crippen LogP contribution in [0.1, 0.15) is 51.4 Å². The maximum atomic E-state index is 11.9. The number of carbonyl (C=O) groups is 2. The highest BCUT2D eigenvalue weighted by molar-refractivity contribution is 5.80. The van der Waals surface area contributed by atoms with Gasteiger partial charge in [0.05, 0.1) is 0 Å². The molecular weight excluding hydrogens is 254 g/mol. The van der Waals surface area contributed by atoms with E-state index in [-0.39, 0.29) is 17.7 Å². The molecular formula is C15H27N3O2. The van der Waals surface area contributed by atoms with Gasteiger partial charge in [0.2, 0.25) is 11.8 Å². The number of rotatable bonds is 5. The van der Waals surface area contributed by atoms with Gasteiger partial charge in [0.25, 0.3) is 0 Å². The Bertz CT molecular complexity index is 321. The molecule has 2 rings (SSSR count). The summed E-state index contributed by atoms with van der Waals surface area (Å²) in [5.74, 6) is 0.303. The van der Waals surface area contributed by atoms with E-state index in [0.717, 1.165) is 38.8 Å². The van der Waals surface area contributed by atoms with Crippen LogP contribution in [-0.2, 0) is 9.59 Å². The van der Waals surface area contributed by atoms with Crippen LogP contribution in [0.2, 0.25) is 0 Å². The van der Waals surface area contributed by atoms with Crippen molar-refractivity contribution in [3.05, 3.63) is 0 Å². The van der Waals surface area contributed by atoms with Gasteiger partial charge >= 0.3 is 0 Å². The molecule has 1 heterocycles. The monoisotopic (exact) mass is 281 g/mol. The third kappa shape index (κ3) is 5.12. The molecule has 1 saturated carbocycles. The number of amides is 2. The van der Waals surface area contributed by atoms with Gasteiger partial charge in [0.15, 0.2) is 0 Å². The number of nitrogens with one attached hydrogen (secondary N) is 3. The predicted octanol–water partition coefficient (Wildman–Crippen LogP) is 0.941. The largest absolute Gasteiger partial charge is 0.355 e. The van der Waals surface area contributed by atoms with Gasteiger partial charge in [-0.1, -0.05) is 19.3 Å². The van der Waals surface area contributed by atoms with Crippen molar-refractivity contribution >= 4 is 11.8 Å². The average Bonchev–Trinajstić information content (AvgIpc) is 2.49. The molecule has 20 heavy (non-hydrogen) atoms. The second kappa shape index (κ2) is 8.25. The molecule has 2 amide bonds. The molecule has 0 aromatic heterocycles. The Balaban J connectivity index is 1.57. The van der Waals surface area contributed by atoms with Crippen molar-refractivity contribution in [2.24, 2.45) is 5.92 Å². The maximum Gasteiger partial charge on any atom is 0.223 e. The first-order valence-corrected chi connectivity index (χ1v) is 8.03. The second-order valence-electron chi connectivity index (χ2n) is 5.97. The second-order valence-corrected chi connectivity index (χ2v) is 5.97. The number of piperidine rings is 1. The molecule has 3 N–H and O–H groups in total. The van der Waals surface area contributed by atoms with Gasteiger partial charge in [-0.05, 0) is 38.8 Å². The van der Waals surface area contributed by atoms with Crippen LogP contribution in [-0.4, -0.2) is 37.5 Å². The molecule has 0 atom stereocenters. The van der Waals surface area contributed by atoms with E-state index in [1.165, 1.54) is 19.3 Å². The first-order chi connectivity index (χ1) is 9.75. The summed E-state index contributed by atoms with van der Waals surface area (Å²) in [5, 5.41) is 9.21. The van der Waals surface area contributed by atoms with Crippen LogP contribution in [0.5, 0.6) is 0 Å². The lowest BCUT2D eigenvalue weighted by molar-refractivity contribution is -0.126. The summed E-state index contributed by atoms with van der Waals surface area (Å²) in [6, 6.07) is 0.358. The predicted molar refractivity (Wildman–Crippen MR) is 78.2 cm³/mol. The third-order valence-corrected chi connectivity index (χ3v) is 4.33. The minimum Gasteiger partial charge on any atom is -0.355 e. The highest BCUT2D eigenvalue weighted by Crippen LogP contribution is 2.17. The van der Waals surface area contributed by atoms with Gasteiger partial charge in [-0.25, -0.2) is 0 Å². The van der Waals surface area contributed by atoms with Crippen LogP contribution in [0, 0.1) is 5.92 Å². The number of hydrogen-bond acceptors (Lipinski definition) is 3. The van der Waals surface area contributed by atoms with Gasteiger partial charge < -0.3 is 16.0 Å². The van der Waals surface area contributed by atoms with Crippen LogP contribution in [0.25, 0.3) is 0 Å². The molecule has 0 bridgehead atoms. The summed E-state index contributed by atoms with van der Waals surface area (Å²) < 4.78 is 0. The summed E-state index contributed by atoms with van der Waals surface area (Å²) in [5.41, 5.74) is 0. The smallest absolute Gasteiger partial charge is 0.223 e. The Hall–Kier alpha value is -1.10. The van der Waals surface area contributed by atoms with E-state index in [4.69, 9.17) is 0 Å². The molecule has 0 aromatic rings. The Kier molecular flexibility index (Phi) is 6.30. The van der Waals surface area contributed by atoms with Crippen molar-refractivity contribution in [1.29, 1.82) is 0 Å². The van der Waals surface area contributed by atoms with Crippen molar-refractivity contribution in [3.8, 4) is 0 Å². The topological polar surface area (TPSA) is 70.2 Å². The van der Waals surface area contributed by atoms with Crippen LogP contribution in [0.4, 0.5) is 0 Å². The lowest BCUT2D eigenvalue weighted by Crippen LogP contribution is -2.41. The Morgan fingerprint density at radius 2 is 1.70 bits per heavy atom. The molecule has 2 fully saturated rings. The zero-order valence-corrected chi connectivity index (χ0v) is 12.2. The van der Waals surface area contributed by atoms with Gasteiger partial charge in [0.1, 0.15) is 0 Å². The lowest BCUT2D eigenvalue weighted by Gasteiger charge is -2.23. The molecule has 0 spiro atoms. The van der Waals surface area contributed by atoms with Crippen molar-refractivity contribution in [3.63, 3.8) is 0 Å². The van der Waals surface area contributed by atoms with Crippen LogP contribution in [0.3, 0.4) is 0 Å². The van der Waals surface area contributed by atoms with Gasteiger partial charge in [-0.15, -0.1) is 0 Å². The van der Waals surface area contributed by atoms with E-state index in [9.17, 15) is 9.59 Å². The standard InChI is InChI=1S/C15H27N3O2/c19-14(18-13-4-2-1-3-5-13)8-11-17-15(20)12-6-9-16-10-7-12/h12-13,16H,1-11H2,(H,17,20)(H,18,19). The van der Waals surface area contributed by atoms with Crippen molar-refractivity contribution < 1.29 is 9.59 Å². The van der Waals surface area contributed by atoms with Crippen LogP contribution >= 0.6 is 0 Å². The molecule has 0 unspecified atom stereocenters. The van der Waals surface area contributed by atoms with E-state index < -0.39 is 0 Å². The Morgan fingerprint density at radius 1 is 1.00 bits per heavy atom. The van der Waals surface area contributed by atoms with E-state index in [0.29, 0.717) is 19.0 Å². The van der Waals surface area contributed by atoms with E-state index >= 15 is 0 Å². The number of carbonyl (C=O) groups excluding carboxylic acids is 2. The fourth-order valence-electron chi connectivity index (χ4n) is 3.07. The molecule has 2 aliphatic rings. The summed E-state index contributed by atoms with van der Waals surface area (Å²) >= 11 is 0. The van der Waals surface area contributed by atoms with Crippen molar-refractivity contribution in [1.82, 2.24) is 16.0 Å². The minimum atomic E-state index is 0.0718. The summed E-state index contributed by atoms with van der Waals surface area (Å²) in [7, 11) is 0. The Labute approximate surface area is 121 Å². The normalized spacial score (nSPS) is 21.4. The molecule has 1 saturated heterocycles.